The second kappa shape index (κ2) is 14.5. The number of nitrogens with zero attached hydrogens (tertiary/aromatic N) is 6. The average molecular weight is 659 g/mol. The Bertz CT molecular complexity index is 1320. The molecule has 3 amide bonds. The van der Waals surface area contributed by atoms with Crippen LogP contribution in [-0.2, 0) is 35.8 Å². The molecule has 2 aromatic heterocycles. The summed E-state index contributed by atoms with van der Waals surface area (Å²) >= 11 is 9.92. The molecule has 3 aromatic rings. The topological polar surface area (TPSA) is 95.8 Å². The van der Waals surface area contributed by atoms with Gasteiger partial charge < -0.3 is 24.4 Å². The number of imidazole rings is 1. The molecule has 2 aliphatic heterocycles. The summed E-state index contributed by atoms with van der Waals surface area (Å²) in [5.74, 6) is 0. The van der Waals surface area contributed by atoms with Crippen molar-refractivity contribution in [1.82, 2.24) is 34.6 Å². The van der Waals surface area contributed by atoms with Gasteiger partial charge in [-0.15, -0.1) is 0 Å². The first-order chi connectivity index (χ1) is 20.4. The second-order valence-corrected chi connectivity index (χ2v) is 12.0. The predicted molar refractivity (Wildman–Crippen MR) is 165 cm³/mol. The molecule has 1 unspecified atom stereocenters. The van der Waals surface area contributed by atoms with E-state index in [1.165, 1.54) is 16.7 Å². The normalized spacial score (nSPS) is 18.7. The number of carbonyl (C=O) groups excluding carboxylic acids is 2. The summed E-state index contributed by atoms with van der Waals surface area (Å²) in [6, 6.07) is 8.66. The van der Waals surface area contributed by atoms with Gasteiger partial charge in [0.05, 0.1) is 31.3 Å². The van der Waals surface area contributed by atoms with Crippen molar-refractivity contribution in [3.05, 3.63) is 80.6 Å². The Morgan fingerprint density at radius 3 is 2.52 bits per heavy atom. The van der Waals surface area contributed by atoms with Gasteiger partial charge in [0.2, 0.25) is 6.41 Å². The molecule has 6 rings (SSSR count). The maximum Gasteiger partial charge on any atom is 0.320 e. The van der Waals surface area contributed by atoms with Gasteiger partial charge in [0.15, 0.2) is 0 Å². The molecule has 4 heterocycles. The maximum atomic E-state index is 12.9. The van der Waals surface area contributed by atoms with Gasteiger partial charge in [-0.05, 0) is 63.7 Å². The number of hydrogen-bond acceptors (Lipinski definition) is 6. The van der Waals surface area contributed by atoms with Crippen molar-refractivity contribution in [2.45, 2.75) is 25.3 Å². The number of fused-ring (bicyclic) bond motifs is 2. The summed E-state index contributed by atoms with van der Waals surface area (Å²) in [5.41, 5.74) is 6.10. The van der Waals surface area contributed by atoms with Crippen LogP contribution in [0.2, 0.25) is 5.02 Å². The van der Waals surface area contributed by atoms with Crippen LogP contribution in [-0.4, -0.2) is 101 Å². The van der Waals surface area contributed by atoms with Gasteiger partial charge in [-0.2, -0.15) is 0 Å². The van der Waals surface area contributed by atoms with Crippen molar-refractivity contribution >= 4 is 40.0 Å². The van der Waals surface area contributed by atoms with E-state index in [2.05, 4.69) is 49.3 Å². The van der Waals surface area contributed by atoms with Crippen molar-refractivity contribution in [2.75, 3.05) is 59.0 Å². The number of hydrogen-bond donors (Lipinski definition) is 1. The number of benzene rings is 1. The highest BCUT2D eigenvalue weighted by molar-refractivity contribution is 9.10. The van der Waals surface area contributed by atoms with Crippen LogP contribution in [0.5, 0.6) is 0 Å². The van der Waals surface area contributed by atoms with Crippen LogP contribution in [0.4, 0.5) is 4.79 Å². The highest BCUT2D eigenvalue weighted by atomic mass is 79.9. The molecule has 1 N–H and O–H groups in total. The third-order valence-corrected chi connectivity index (χ3v) is 8.72. The molecule has 12 heteroatoms. The van der Waals surface area contributed by atoms with Crippen LogP contribution in [0.1, 0.15) is 34.1 Å². The molecule has 224 valence electrons. The molecule has 3 aliphatic rings. The van der Waals surface area contributed by atoms with Gasteiger partial charge in [0, 0.05) is 86.9 Å². The number of nitrogens with one attached hydrogen (secondary N) is 1. The summed E-state index contributed by atoms with van der Waals surface area (Å²) in [7, 11) is 1.93. The molecule has 0 radical (unpaired) electrons. The Kier molecular flexibility index (Phi) is 10.5. The van der Waals surface area contributed by atoms with Crippen molar-refractivity contribution in [3.63, 3.8) is 0 Å². The van der Waals surface area contributed by atoms with E-state index in [1.54, 1.807) is 12.5 Å². The number of amides is 3. The fourth-order valence-corrected chi connectivity index (χ4v) is 6.37. The first-order valence-electron chi connectivity index (χ1n) is 14.3. The Balaban J connectivity index is 0.000000271. The number of ether oxygens (including phenoxy) is 1. The van der Waals surface area contributed by atoms with E-state index >= 15 is 0 Å². The highest BCUT2D eigenvalue weighted by Crippen LogP contribution is 2.38. The molecular formula is C30H37BrClN7O3. The minimum absolute atomic E-state index is 0.0819. The zero-order valence-corrected chi connectivity index (χ0v) is 26.2. The third-order valence-electron chi connectivity index (χ3n) is 8.05. The molecule has 1 atom stereocenters. The van der Waals surface area contributed by atoms with Crippen LogP contribution in [0.25, 0.3) is 0 Å². The molecule has 0 spiro atoms. The lowest BCUT2D eigenvalue weighted by Crippen LogP contribution is -2.55. The lowest BCUT2D eigenvalue weighted by molar-refractivity contribution is -0.109. The SMILES string of the molecule is Cn1cncc1CCNC=O.O=C(N1CCOCC1)N1CCN(C2c3ccc(Cl)cc3CCc3cc(Br)cnc32)CC1. The second-order valence-electron chi connectivity index (χ2n) is 10.7. The number of halogens is 2. The first-order valence-corrected chi connectivity index (χ1v) is 15.5. The third kappa shape index (κ3) is 7.31. The van der Waals surface area contributed by atoms with Crippen molar-refractivity contribution in [1.29, 1.82) is 0 Å². The van der Waals surface area contributed by atoms with Crippen molar-refractivity contribution in [2.24, 2.45) is 7.05 Å². The standard InChI is InChI=1S/C23H26BrClN4O2.C7H11N3O/c24-18-13-17-2-1-16-14-19(25)3-4-20(16)22(21(17)26-15-18)27-5-7-28(8-6-27)23(30)29-9-11-31-12-10-29;1-10-5-9-4-7(10)2-3-8-6-11/h3-4,13-15,22H,1-2,5-12H2;4-6H,2-3H2,1H3,(H,8,11). The van der Waals surface area contributed by atoms with Crippen LogP contribution in [0.15, 0.2) is 47.5 Å². The molecule has 0 bridgehead atoms. The average Bonchev–Trinajstić information content (AvgIpc) is 3.35. The van der Waals surface area contributed by atoms with Crippen LogP contribution < -0.4 is 5.32 Å². The van der Waals surface area contributed by atoms with Gasteiger partial charge in [0.25, 0.3) is 0 Å². The summed E-state index contributed by atoms with van der Waals surface area (Å²) in [6.07, 6.45) is 8.87. The lowest BCUT2D eigenvalue weighted by Gasteiger charge is -2.41. The summed E-state index contributed by atoms with van der Waals surface area (Å²) in [4.78, 5) is 38.0. The van der Waals surface area contributed by atoms with E-state index in [-0.39, 0.29) is 12.1 Å². The highest BCUT2D eigenvalue weighted by Gasteiger charge is 2.34. The van der Waals surface area contributed by atoms with Crippen molar-refractivity contribution < 1.29 is 14.3 Å². The number of aryl methyl sites for hydroxylation is 3. The quantitative estimate of drug-likeness (QED) is 0.334. The molecule has 1 aliphatic carbocycles. The summed E-state index contributed by atoms with van der Waals surface area (Å²) in [6.45, 7) is 6.38. The fraction of sp³-hybridized carbons (Fsp3) is 0.467. The number of rotatable bonds is 5. The Hall–Kier alpha value is -2.99. The lowest BCUT2D eigenvalue weighted by atomic mass is 9.96. The Morgan fingerprint density at radius 1 is 1.07 bits per heavy atom. The minimum atomic E-state index is 0.0819. The van der Waals surface area contributed by atoms with Gasteiger partial charge in [-0.1, -0.05) is 17.7 Å². The van der Waals surface area contributed by atoms with E-state index in [0.717, 1.165) is 66.3 Å². The molecular weight excluding hydrogens is 622 g/mol. The van der Waals surface area contributed by atoms with Gasteiger partial charge >= 0.3 is 6.03 Å². The smallest absolute Gasteiger partial charge is 0.320 e. The van der Waals surface area contributed by atoms with E-state index in [4.69, 9.17) is 21.3 Å². The van der Waals surface area contributed by atoms with Crippen molar-refractivity contribution in [3.8, 4) is 0 Å². The Labute approximate surface area is 260 Å². The molecule has 10 nitrogen and oxygen atoms in total. The van der Waals surface area contributed by atoms with E-state index in [1.807, 2.05) is 33.7 Å². The molecule has 42 heavy (non-hydrogen) atoms. The fourth-order valence-electron chi connectivity index (χ4n) is 5.79. The Morgan fingerprint density at radius 2 is 1.81 bits per heavy atom. The van der Waals surface area contributed by atoms with Gasteiger partial charge in [0.1, 0.15) is 0 Å². The summed E-state index contributed by atoms with van der Waals surface area (Å²) in [5, 5.41) is 3.37. The van der Waals surface area contributed by atoms with Gasteiger partial charge in [-0.25, -0.2) is 9.78 Å². The molecule has 2 fully saturated rings. The van der Waals surface area contributed by atoms with E-state index in [0.29, 0.717) is 39.3 Å². The zero-order valence-electron chi connectivity index (χ0n) is 23.8. The monoisotopic (exact) mass is 657 g/mol. The molecule has 2 saturated heterocycles. The van der Waals surface area contributed by atoms with Crippen LogP contribution in [0.3, 0.4) is 0 Å². The number of urea groups is 1. The molecule has 1 aromatic carbocycles. The largest absolute Gasteiger partial charge is 0.378 e. The van der Waals surface area contributed by atoms with Crippen LogP contribution in [0, 0.1) is 0 Å². The number of piperazine rings is 1. The number of aromatic nitrogens is 3. The van der Waals surface area contributed by atoms with E-state index < -0.39 is 0 Å². The number of pyridine rings is 1. The first kappa shape index (κ1) is 30.5. The maximum absolute atomic E-state index is 12.9. The van der Waals surface area contributed by atoms with Crippen LogP contribution >= 0.6 is 27.5 Å². The minimum Gasteiger partial charge on any atom is -0.378 e. The zero-order chi connectivity index (χ0) is 29.5. The number of carbonyl (C=O) groups is 2. The summed E-state index contributed by atoms with van der Waals surface area (Å²) < 4.78 is 8.33. The van der Waals surface area contributed by atoms with Gasteiger partial charge in [-0.3, -0.25) is 14.7 Å². The van der Waals surface area contributed by atoms with E-state index in [9.17, 15) is 9.59 Å². The number of morpholine rings is 1. The predicted octanol–water partition coefficient (Wildman–Crippen LogP) is 3.46. The molecule has 0 saturated carbocycles.